The minimum atomic E-state index is -0.387. The number of anilines is 1. The number of ether oxygens (including phenoxy) is 1. The van der Waals surface area contributed by atoms with Crippen molar-refractivity contribution in [1.29, 1.82) is 0 Å². The summed E-state index contributed by atoms with van der Waals surface area (Å²) in [5.41, 5.74) is 5.91. The highest BCUT2D eigenvalue weighted by Crippen LogP contribution is 2.48. The van der Waals surface area contributed by atoms with E-state index in [1.807, 2.05) is 38.6 Å². The molecule has 3 aliphatic heterocycles. The molecule has 3 heterocycles. The van der Waals surface area contributed by atoms with Crippen LogP contribution in [0.2, 0.25) is 0 Å². The molecule has 1 aromatic carbocycles. The SMILES string of the molecule is COC(=O)c1ccc2c(c1)N1C(C3CCCCC3)=C3C=NC=CN3CC3=C(C(=O)C(CCN(C)C)CC3=O)C1C2. The van der Waals surface area contributed by atoms with Gasteiger partial charge in [-0.05, 0) is 64.0 Å². The number of carbonyl (C=O) groups is 3. The van der Waals surface area contributed by atoms with Crippen LogP contribution in [0.3, 0.4) is 0 Å². The van der Waals surface area contributed by atoms with Gasteiger partial charge in [0, 0.05) is 53.2 Å². The fourth-order valence-corrected chi connectivity index (χ4v) is 7.16. The lowest BCUT2D eigenvalue weighted by atomic mass is 9.75. The van der Waals surface area contributed by atoms with Crippen LogP contribution in [0.5, 0.6) is 0 Å². The highest BCUT2D eigenvalue weighted by molar-refractivity contribution is 6.14. The van der Waals surface area contributed by atoms with Crippen LogP contribution in [-0.2, 0) is 20.7 Å². The number of ketones is 2. The third kappa shape index (κ3) is 4.62. The Bertz CT molecular complexity index is 1360. The molecule has 210 valence electrons. The van der Waals surface area contributed by atoms with Crippen molar-refractivity contribution in [3.63, 3.8) is 0 Å². The zero-order chi connectivity index (χ0) is 28.0. The molecule has 0 aromatic heterocycles. The predicted octanol–water partition coefficient (Wildman–Crippen LogP) is 4.27. The number of methoxy groups -OCH3 is 1. The van der Waals surface area contributed by atoms with E-state index in [1.54, 1.807) is 12.3 Å². The van der Waals surface area contributed by atoms with Crippen molar-refractivity contribution in [1.82, 2.24) is 9.80 Å². The van der Waals surface area contributed by atoms with E-state index >= 15 is 0 Å². The summed E-state index contributed by atoms with van der Waals surface area (Å²) in [6.07, 6.45) is 12.8. The van der Waals surface area contributed by atoms with Gasteiger partial charge in [-0.3, -0.25) is 14.6 Å². The van der Waals surface area contributed by atoms with Gasteiger partial charge in [0.2, 0.25) is 0 Å². The standard InChI is InChI=1S/C32H38N4O4/c1-34(2)13-11-22-17-28(37)24-19-35-14-12-33-18-27(35)30(20-7-5-4-6-8-20)36-25-16-23(32(39)40-3)10-9-21(25)15-26(36)29(24)31(22)38/h9-10,12,14,16,18,20,22,26H,4-8,11,13,15,17,19H2,1-3H3. The third-order valence-electron chi connectivity index (χ3n) is 9.16. The Morgan fingerprint density at radius 1 is 1.12 bits per heavy atom. The fraction of sp³-hybridized carbons (Fsp3) is 0.500. The first-order valence-electron chi connectivity index (χ1n) is 14.5. The Morgan fingerprint density at radius 3 is 2.67 bits per heavy atom. The second-order valence-electron chi connectivity index (χ2n) is 11.9. The van der Waals surface area contributed by atoms with Gasteiger partial charge >= 0.3 is 5.97 Å². The van der Waals surface area contributed by atoms with Crippen molar-refractivity contribution in [3.8, 4) is 0 Å². The van der Waals surface area contributed by atoms with Gasteiger partial charge in [-0.15, -0.1) is 0 Å². The smallest absolute Gasteiger partial charge is 0.337 e. The van der Waals surface area contributed by atoms with Crippen LogP contribution in [0, 0.1) is 11.8 Å². The van der Waals surface area contributed by atoms with Gasteiger partial charge in [0.1, 0.15) is 0 Å². The van der Waals surface area contributed by atoms with Crippen molar-refractivity contribution in [2.45, 2.75) is 57.4 Å². The van der Waals surface area contributed by atoms with Crippen LogP contribution < -0.4 is 4.90 Å². The first kappa shape index (κ1) is 26.7. The summed E-state index contributed by atoms with van der Waals surface area (Å²) < 4.78 is 5.06. The molecule has 2 aliphatic carbocycles. The van der Waals surface area contributed by atoms with Crippen LogP contribution in [0.4, 0.5) is 5.69 Å². The van der Waals surface area contributed by atoms with Gasteiger partial charge < -0.3 is 19.4 Å². The van der Waals surface area contributed by atoms with Gasteiger partial charge in [-0.1, -0.05) is 25.3 Å². The van der Waals surface area contributed by atoms with E-state index in [9.17, 15) is 14.4 Å². The van der Waals surface area contributed by atoms with E-state index in [0.717, 1.165) is 54.9 Å². The van der Waals surface area contributed by atoms with E-state index in [0.29, 0.717) is 42.0 Å². The summed E-state index contributed by atoms with van der Waals surface area (Å²) >= 11 is 0. The minimum absolute atomic E-state index is 0.0703. The molecule has 2 unspecified atom stereocenters. The van der Waals surface area contributed by atoms with Gasteiger partial charge in [-0.25, -0.2) is 4.79 Å². The van der Waals surface area contributed by atoms with Crippen LogP contribution in [-0.4, -0.2) is 73.9 Å². The molecule has 0 amide bonds. The maximum atomic E-state index is 14.3. The number of carbonyl (C=O) groups excluding carboxylic acids is 3. The Morgan fingerprint density at radius 2 is 1.93 bits per heavy atom. The number of aliphatic imine (C=N–C) groups is 1. The molecule has 8 nitrogen and oxygen atoms in total. The molecule has 2 atom stereocenters. The zero-order valence-electron chi connectivity index (χ0n) is 23.7. The number of esters is 1. The summed E-state index contributed by atoms with van der Waals surface area (Å²) in [6, 6.07) is 5.41. The number of rotatable bonds is 5. The van der Waals surface area contributed by atoms with Crippen molar-refractivity contribution in [2.75, 3.05) is 39.2 Å². The van der Waals surface area contributed by atoms with E-state index in [1.165, 1.54) is 13.5 Å². The second kappa shape index (κ2) is 10.8. The maximum absolute atomic E-state index is 14.3. The second-order valence-corrected chi connectivity index (χ2v) is 11.9. The maximum Gasteiger partial charge on any atom is 0.337 e. The molecule has 0 saturated heterocycles. The first-order chi connectivity index (χ1) is 19.4. The Balaban J connectivity index is 1.55. The lowest BCUT2D eigenvalue weighted by Crippen LogP contribution is -2.48. The van der Waals surface area contributed by atoms with E-state index < -0.39 is 0 Å². The molecule has 0 spiro atoms. The Kier molecular flexibility index (Phi) is 7.21. The average molecular weight is 543 g/mol. The van der Waals surface area contributed by atoms with Gasteiger partial charge in [-0.2, -0.15) is 0 Å². The number of Topliss-reactive ketones (excluding diaryl/α,β-unsaturated/α-hetero) is 2. The Labute approximate surface area is 236 Å². The van der Waals surface area contributed by atoms with E-state index in [2.05, 4.69) is 19.7 Å². The van der Waals surface area contributed by atoms with Crippen molar-refractivity contribution < 1.29 is 19.1 Å². The number of hydrogen-bond acceptors (Lipinski definition) is 8. The van der Waals surface area contributed by atoms with Crippen LogP contribution in [0.25, 0.3) is 0 Å². The number of hydrogen-bond donors (Lipinski definition) is 0. The molecule has 1 saturated carbocycles. The van der Waals surface area contributed by atoms with Gasteiger partial charge in [0.25, 0.3) is 0 Å². The predicted molar refractivity (Wildman–Crippen MR) is 154 cm³/mol. The molecule has 0 bridgehead atoms. The summed E-state index contributed by atoms with van der Waals surface area (Å²) in [5, 5.41) is 0. The highest BCUT2D eigenvalue weighted by Gasteiger charge is 2.47. The van der Waals surface area contributed by atoms with Crippen molar-refractivity contribution in [3.05, 3.63) is 64.3 Å². The molecule has 0 radical (unpaired) electrons. The lowest BCUT2D eigenvalue weighted by molar-refractivity contribution is -0.126. The van der Waals surface area contributed by atoms with Crippen LogP contribution in [0.1, 0.15) is 60.9 Å². The molecule has 1 aromatic rings. The third-order valence-corrected chi connectivity index (χ3v) is 9.16. The molecule has 6 rings (SSSR count). The topological polar surface area (TPSA) is 82.5 Å². The molecule has 0 N–H and O–H groups in total. The van der Waals surface area contributed by atoms with Gasteiger partial charge in [0.05, 0.1) is 37.2 Å². The zero-order valence-corrected chi connectivity index (χ0v) is 23.7. The normalized spacial score (nSPS) is 24.6. The highest BCUT2D eigenvalue weighted by atomic mass is 16.5. The Hall–Kier alpha value is -3.52. The van der Waals surface area contributed by atoms with E-state index in [-0.39, 0.29) is 35.9 Å². The largest absolute Gasteiger partial charge is 0.465 e. The van der Waals surface area contributed by atoms with Crippen molar-refractivity contribution >= 4 is 29.4 Å². The molecule has 5 aliphatic rings. The monoisotopic (exact) mass is 542 g/mol. The molecule has 1 fully saturated rings. The molecule has 8 heteroatoms. The van der Waals surface area contributed by atoms with E-state index in [4.69, 9.17) is 4.74 Å². The number of nitrogens with zero attached hydrogens (tertiary/aromatic N) is 4. The summed E-state index contributed by atoms with van der Waals surface area (Å²) in [7, 11) is 5.39. The number of benzene rings is 1. The minimum Gasteiger partial charge on any atom is -0.465 e. The fourth-order valence-electron chi connectivity index (χ4n) is 7.16. The summed E-state index contributed by atoms with van der Waals surface area (Å²) in [6.45, 7) is 1.13. The molecular formula is C32H38N4O4. The van der Waals surface area contributed by atoms with Gasteiger partial charge in [0.15, 0.2) is 11.6 Å². The van der Waals surface area contributed by atoms with Crippen LogP contribution in [0.15, 0.2) is 58.1 Å². The van der Waals surface area contributed by atoms with Crippen molar-refractivity contribution in [2.24, 2.45) is 16.8 Å². The molecular weight excluding hydrogens is 504 g/mol. The number of fused-ring (bicyclic) bond motifs is 5. The lowest BCUT2D eigenvalue weighted by Gasteiger charge is -2.44. The number of allylic oxidation sites excluding steroid dienone is 2. The summed E-state index contributed by atoms with van der Waals surface area (Å²) in [4.78, 5) is 51.7. The quantitative estimate of drug-likeness (QED) is 0.514. The van der Waals surface area contributed by atoms with Crippen LogP contribution >= 0.6 is 0 Å². The summed E-state index contributed by atoms with van der Waals surface area (Å²) in [5.74, 6) is -0.235. The average Bonchev–Trinajstić information content (AvgIpc) is 3.31. The first-order valence-corrected chi connectivity index (χ1v) is 14.5. The molecule has 40 heavy (non-hydrogen) atoms.